The van der Waals surface area contributed by atoms with Gasteiger partial charge in [-0.05, 0) is 43.5 Å². The number of aromatic nitrogens is 1. The van der Waals surface area contributed by atoms with E-state index in [9.17, 15) is 10.1 Å². The third-order valence-electron chi connectivity index (χ3n) is 4.83. The highest BCUT2D eigenvalue weighted by atomic mass is 16.1. The second kappa shape index (κ2) is 8.06. The van der Waals surface area contributed by atoms with Crippen molar-refractivity contribution < 1.29 is 4.79 Å². The number of nitrogens with zero attached hydrogens (tertiary/aromatic N) is 2. The van der Waals surface area contributed by atoms with Crippen LogP contribution < -0.4 is 22.1 Å². The molecule has 2 atom stereocenters. The molecular formula is C20H24N6O. The van der Waals surface area contributed by atoms with Gasteiger partial charge in [0.2, 0.25) is 0 Å². The molecule has 1 heterocycles. The molecule has 0 saturated heterocycles. The Balaban J connectivity index is 1.97. The second-order valence-electron chi connectivity index (χ2n) is 6.95. The molecule has 0 bridgehead atoms. The predicted octanol–water partition coefficient (Wildman–Crippen LogP) is 2.79. The van der Waals surface area contributed by atoms with Crippen molar-refractivity contribution in [1.82, 2.24) is 4.98 Å². The van der Waals surface area contributed by atoms with Crippen molar-refractivity contribution in [2.24, 2.45) is 11.5 Å². The van der Waals surface area contributed by atoms with Gasteiger partial charge in [0.15, 0.2) is 0 Å². The Morgan fingerprint density at radius 1 is 1.26 bits per heavy atom. The lowest BCUT2D eigenvalue weighted by Crippen LogP contribution is -2.43. The average molecular weight is 364 g/mol. The molecule has 0 aliphatic heterocycles. The molecule has 140 valence electrons. The molecule has 2 aromatic rings. The van der Waals surface area contributed by atoms with E-state index in [4.69, 9.17) is 11.5 Å². The van der Waals surface area contributed by atoms with Gasteiger partial charge in [-0.2, -0.15) is 5.26 Å². The molecule has 1 aromatic carbocycles. The van der Waals surface area contributed by atoms with Crippen LogP contribution in [0.4, 0.5) is 17.3 Å². The number of primary amides is 1. The van der Waals surface area contributed by atoms with Crippen LogP contribution in [0.5, 0.6) is 0 Å². The summed E-state index contributed by atoms with van der Waals surface area (Å²) >= 11 is 0. The van der Waals surface area contributed by atoms with Gasteiger partial charge in [0, 0.05) is 17.8 Å². The first-order valence-electron chi connectivity index (χ1n) is 9.08. The van der Waals surface area contributed by atoms with Crippen LogP contribution in [0, 0.1) is 18.3 Å². The maximum atomic E-state index is 11.9. The first-order chi connectivity index (χ1) is 13.0. The second-order valence-corrected chi connectivity index (χ2v) is 6.95. The fraction of sp³-hybridized carbons (Fsp3) is 0.350. The molecular weight excluding hydrogens is 340 g/mol. The number of nitriles is 1. The van der Waals surface area contributed by atoms with Gasteiger partial charge in [-0.25, -0.2) is 4.98 Å². The van der Waals surface area contributed by atoms with Crippen molar-refractivity contribution >= 4 is 23.2 Å². The van der Waals surface area contributed by atoms with E-state index in [0.717, 1.165) is 36.9 Å². The highest BCUT2D eigenvalue weighted by Crippen LogP contribution is 2.27. The number of amides is 1. The number of nitrogens with one attached hydrogen (secondary N) is 2. The van der Waals surface area contributed by atoms with Gasteiger partial charge in [-0.15, -0.1) is 0 Å². The van der Waals surface area contributed by atoms with Gasteiger partial charge in [-0.3, -0.25) is 4.79 Å². The first-order valence-corrected chi connectivity index (χ1v) is 9.08. The lowest BCUT2D eigenvalue weighted by atomic mass is 9.91. The summed E-state index contributed by atoms with van der Waals surface area (Å²) in [5.74, 6) is 0.0917. The zero-order valence-electron chi connectivity index (χ0n) is 15.3. The van der Waals surface area contributed by atoms with Crippen LogP contribution in [0.25, 0.3) is 0 Å². The van der Waals surface area contributed by atoms with E-state index in [-0.39, 0.29) is 23.2 Å². The van der Waals surface area contributed by atoms with Gasteiger partial charge in [0.05, 0.1) is 11.1 Å². The van der Waals surface area contributed by atoms with E-state index in [0.29, 0.717) is 11.6 Å². The number of rotatable bonds is 5. The van der Waals surface area contributed by atoms with Crippen molar-refractivity contribution in [3.8, 4) is 6.07 Å². The highest BCUT2D eigenvalue weighted by Gasteiger charge is 2.24. The van der Waals surface area contributed by atoms with Crippen molar-refractivity contribution in [2.45, 2.75) is 44.7 Å². The maximum Gasteiger partial charge on any atom is 0.252 e. The molecule has 7 nitrogen and oxygen atoms in total. The average Bonchev–Trinajstić information content (AvgIpc) is 2.63. The molecule has 6 N–H and O–H groups in total. The summed E-state index contributed by atoms with van der Waals surface area (Å²) in [6.45, 7) is 1.98. The first kappa shape index (κ1) is 18.7. The molecule has 1 aliphatic carbocycles. The monoisotopic (exact) mass is 364 g/mol. The summed E-state index contributed by atoms with van der Waals surface area (Å²) in [5.41, 5.74) is 14.0. The topological polar surface area (TPSA) is 130 Å². The molecule has 0 spiro atoms. The number of pyridine rings is 1. The summed E-state index contributed by atoms with van der Waals surface area (Å²) in [5, 5.41) is 15.9. The van der Waals surface area contributed by atoms with Gasteiger partial charge < -0.3 is 22.1 Å². The molecule has 1 amide bonds. The van der Waals surface area contributed by atoms with Crippen LogP contribution in [-0.2, 0) is 0 Å². The molecule has 3 rings (SSSR count). The Morgan fingerprint density at radius 3 is 2.70 bits per heavy atom. The third kappa shape index (κ3) is 4.36. The number of hydrogen-bond acceptors (Lipinski definition) is 6. The van der Waals surface area contributed by atoms with Crippen molar-refractivity contribution in [2.75, 3.05) is 10.6 Å². The minimum Gasteiger partial charge on any atom is -0.365 e. The van der Waals surface area contributed by atoms with Crippen LogP contribution >= 0.6 is 0 Å². The zero-order valence-corrected chi connectivity index (χ0v) is 15.3. The van der Waals surface area contributed by atoms with E-state index < -0.39 is 5.91 Å². The molecule has 1 saturated carbocycles. The number of nitrogens with two attached hydrogens (primary N) is 2. The van der Waals surface area contributed by atoms with Crippen LogP contribution in [0.15, 0.2) is 30.3 Å². The van der Waals surface area contributed by atoms with E-state index >= 15 is 0 Å². The van der Waals surface area contributed by atoms with E-state index in [1.165, 1.54) is 6.07 Å². The zero-order chi connectivity index (χ0) is 19.4. The van der Waals surface area contributed by atoms with Crippen LogP contribution in [0.3, 0.4) is 0 Å². The Labute approximate surface area is 158 Å². The van der Waals surface area contributed by atoms with Gasteiger partial charge in [0.25, 0.3) is 5.91 Å². The quantitative estimate of drug-likeness (QED) is 0.645. The van der Waals surface area contributed by atoms with Gasteiger partial charge >= 0.3 is 0 Å². The number of carbonyl (C=O) groups excluding carboxylic acids is 1. The molecule has 7 heteroatoms. The van der Waals surface area contributed by atoms with E-state index in [2.05, 4.69) is 21.7 Å². The number of aryl methyl sites for hydroxylation is 1. The molecule has 0 radical (unpaired) electrons. The predicted molar refractivity (Wildman–Crippen MR) is 106 cm³/mol. The fourth-order valence-electron chi connectivity index (χ4n) is 3.37. The highest BCUT2D eigenvalue weighted by molar-refractivity contribution is 5.99. The molecule has 1 aromatic heterocycles. The summed E-state index contributed by atoms with van der Waals surface area (Å²) in [7, 11) is 0. The number of carbonyl (C=O) groups is 1. The summed E-state index contributed by atoms with van der Waals surface area (Å²) in [4.78, 5) is 16.4. The van der Waals surface area contributed by atoms with E-state index in [1.807, 2.05) is 31.2 Å². The van der Waals surface area contributed by atoms with Gasteiger partial charge in [0.1, 0.15) is 17.7 Å². The Morgan fingerprint density at radius 2 is 2.04 bits per heavy atom. The lowest BCUT2D eigenvalue weighted by molar-refractivity contribution is 0.100. The van der Waals surface area contributed by atoms with Gasteiger partial charge in [-0.1, -0.05) is 25.0 Å². The molecule has 0 unspecified atom stereocenters. The van der Waals surface area contributed by atoms with E-state index in [1.54, 1.807) is 0 Å². The Hall–Kier alpha value is -3.11. The van der Waals surface area contributed by atoms with Crippen molar-refractivity contribution in [1.29, 1.82) is 5.26 Å². The summed E-state index contributed by atoms with van der Waals surface area (Å²) in [6, 6.07) is 11.3. The van der Waals surface area contributed by atoms with Crippen molar-refractivity contribution in [3.05, 3.63) is 47.0 Å². The standard InChI is InChI=1S/C20H24N6O/c1-12-5-4-6-14(9-12)24-20-15(18(23)27)10-13(11-21)19(26-20)25-17-8-3-2-7-16(17)22/h4-6,9-10,16-17H,2-3,7-8,22H2,1H3,(H2,23,27)(H2,24,25,26)/t16-,17-/m1/s1. The summed E-state index contributed by atoms with van der Waals surface area (Å²) in [6.07, 6.45) is 4.05. The van der Waals surface area contributed by atoms with Crippen molar-refractivity contribution in [3.63, 3.8) is 0 Å². The summed E-state index contributed by atoms with van der Waals surface area (Å²) < 4.78 is 0. The normalized spacial score (nSPS) is 19.1. The smallest absolute Gasteiger partial charge is 0.252 e. The molecule has 1 fully saturated rings. The Bertz CT molecular complexity index is 889. The fourth-order valence-corrected chi connectivity index (χ4v) is 3.37. The number of anilines is 3. The van der Waals surface area contributed by atoms with Crippen LogP contribution in [-0.4, -0.2) is 23.0 Å². The largest absolute Gasteiger partial charge is 0.365 e. The lowest BCUT2D eigenvalue weighted by Gasteiger charge is -2.30. The minimum absolute atomic E-state index is 0.0103. The molecule has 27 heavy (non-hydrogen) atoms. The number of hydrogen-bond donors (Lipinski definition) is 4. The van der Waals surface area contributed by atoms with Crippen LogP contribution in [0.2, 0.25) is 0 Å². The maximum absolute atomic E-state index is 11.9. The third-order valence-corrected chi connectivity index (χ3v) is 4.83. The SMILES string of the molecule is Cc1cccc(Nc2nc(N[C@@H]3CCCC[C@H]3N)c(C#N)cc2C(N)=O)c1. The van der Waals surface area contributed by atoms with Crippen LogP contribution in [0.1, 0.15) is 47.2 Å². The minimum atomic E-state index is -0.643. The number of benzene rings is 1. The Kier molecular flexibility index (Phi) is 5.57. The molecule has 1 aliphatic rings.